The molecule has 3 rings (SSSR count). The molecule has 122 valence electrons. The van der Waals surface area contributed by atoms with Crippen molar-refractivity contribution in [3.05, 3.63) is 23.8 Å². The monoisotopic (exact) mass is 304 g/mol. The molecule has 0 atom stereocenters. The molecule has 0 aromatic heterocycles. The Bertz CT molecular complexity index is 466. The Morgan fingerprint density at radius 2 is 1.95 bits per heavy atom. The molecule has 0 bridgehead atoms. The van der Waals surface area contributed by atoms with Crippen LogP contribution in [0.25, 0.3) is 0 Å². The van der Waals surface area contributed by atoms with Gasteiger partial charge in [-0.3, -0.25) is 0 Å². The highest BCUT2D eigenvalue weighted by molar-refractivity contribution is 5.47. The van der Waals surface area contributed by atoms with Crippen molar-refractivity contribution in [2.24, 2.45) is 0 Å². The number of hydrogen-bond donors (Lipinski definition) is 1. The van der Waals surface area contributed by atoms with E-state index in [1.165, 1.54) is 31.2 Å². The minimum absolute atomic E-state index is 0.370. The van der Waals surface area contributed by atoms with E-state index in [2.05, 4.69) is 22.3 Å². The molecular weight excluding hydrogens is 276 g/mol. The fraction of sp³-hybridized carbons (Fsp3) is 0.667. The lowest BCUT2D eigenvalue weighted by Crippen LogP contribution is -2.44. The van der Waals surface area contributed by atoms with Crippen LogP contribution in [0.1, 0.15) is 31.2 Å². The van der Waals surface area contributed by atoms with Gasteiger partial charge < -0.3 is 19.7 Å². The predicted octanol–water partition coefficient (Wildman–Crippen LogP) is 2.46. The first-order valence-electron chi connectivity index (χ1n) is 8.62. The summed E-state index contributed by atoms with van der Waals surface area (Å²) in [7, 11) is 1.73. The molecule has 22 heavy (non-hydrogen) atoms. The summed E-state index contributed by atoms with van der Waals surface area (Å²) in [5.74, 6) is 1.86. The summed E-state index contributed by atoms with van der Waals surface area (Å²) in [6.07, 6.45) is 6.32. The van der Waals surface area contributed by atoms with E-state index in [0.717, 1.165) is 50.6 Å². The summed E-state index contributed by atoms with van der Waals surface area (Å²) in [5, 5.41) is 3.40. The van der Waals surface area contributed by atoms with E-state index in [1.54, 1.807) is 7.11 Å². The number of ether oxygens (including phenoxy) is 2. The van der Waals surface area contributed by atoms with Crippen molar-refractivity contribution in [3.8, 4) is 11.5 Å². The predicted molar refractivity (Wildman–Crippen MR) is 88.9 cm³/mol. The normalized spacial score (nSPS) is 20.2. The van der Waals surface area contributed by atoms with E-state index in [1.807, 2.05) is 6.07 Å². The molecule has 1 saturated heterocycles. The molecule has 1 aromatic carbocycles. The maximum atomic E-state index is 6.31. The van der Waals surface area contributed by atoms with Gasteiger partial charge in [-0.15, -0.1) is 0 Å². The van der Waals surface area contributed by atoms with Crippen LogP contribution >= 0.6 is 0 Å². The van der Waals surface area contributed by atoms with Crippen LogP contribution in [0.2, 0.25) is 0 Å². The van der Waals surface area contributed by atoms with Gasteiger partial charge in [0.25, 0.3) is 0 Å². The van der Waals surface area contributed by atoms with Crippen LogP contribution in [0.5, 0.6) is 11.5 Å². The fourth-order valence-corrected chi connectivity index (χ4v) is 3.44. The van der Waals surface area contributed by atoms with Gasteiger partial charge in [-0.1, -0.05) is 12.1 Å². The molecule has 2 aliphatic rings. The fourth-order valence-electron chi connectivity index (χ4n) is 3.44. The minimum atomic E-state index is 0.370. The molecule has 1 N–H and O–H groups in total. The molecule has 1 heterocycles. The zero-order valence-corrected chi connectivity index (χ0v) is 13.6. The molecule has 0 spiro atoms. The number of piperazine rings is 1. The van der Waals surface area contributed by atoms with Crippen LogP contribution in [0.4, 0.5) is 0 Å². The molecule has 1 aliphatic heterocycles. The van der Waals surface area contributed by atoms with Crippen molar-refractivity contribution >= 4 is 0 Å². The summed E-state index contributed by atoms with van der Waals surface area (Å²) in [5.41, 5.74) is 1.28. The molecule has 0 unspecified atom stereocenters. The lowest BCUT2D eigenvalue weighted by molar-refractivity contribution is 0.196. The van der Waals surface area contributed by atoms with Crippen LogP contribution in [0.15, 0.2) is 18.2 Å². The molecule has 4 nitrogen and oxygen atoms in total. The Morgan fingerprint density at radius 3 is 2.68 bits per heavy atom. The summed E-state index contributed by atoms with van der Waals surface area (Å²) in [6, 6.07) is 6.28. The summed E-state index contributed by atoms with van der Waals surface area (Å²) < 4.78 is 11.9. The zero-order chi connectivity index (χ0) is 15.2. The van der Waals surface area contributed by atoms with Gasteiger partial charge >= 0.3 is 0 Å². The van der Waals surface area contributed by atoms with Gasteiger partial charge in [-0.2, -0.15) is 0 Å². The first kappa shape index (κ1) is 15.6. The van der Waals surface area contributed by atoms with Crippen LogP contribution in [0.3, 0.4) is 0 Å². The number of para-hydroxylation sites is 1. The quantitative estimate of drug-likeness (QED) is 0.875. The van der Waals surface area contributed by atoms with Gasteiger partial charge in [-0.25, -0.2) is 0 Å². The van der Waals surface area contributed by atoms with Gasteiger partial charge in [0.05, 0.1) is 13.2 Å². The van der Waals surface area contributed by atoms with Crippen molar-refractivity contribution in [3.63, 3.8) is 0 Å². The first-order chi connectivity index (χ1) is 10.9. The molecule has 2 fully saturated rings. The average molecular weight is 304 g/mol. The average Bonchev–Trinajstić information content (AvgIpc) is 3.08. The molecule has 0 radical (unpaired) electrons. The third-order valence-corrected chi connectivity index (χ3v) is 4.77. The third-order valence-electron chi connectivity index (χ3n) is 4.77. The first-order valence-corrected chi connectivity index (χ1v) is 8.62. The van der Waals surface area contributed by atoms with Crippen molar-refractivity contribution < 1.29 is 9.47 Å². The molecule has 1 aliphatic carbocycles. The van der Waals surface area contributed by atoms with Gasteiger partial charge in [0.1, 0.15) is 0 Å². The van der Waals surface area contributed by atoms with Crippen molar-refractivity contribution in [1.82, 2.24) is 10.2 Å². The summed E-state index contributed by atoms with van der Waals surface area (Å²) in [4.78, 5) is 2.52. The smallest absolute Gasteiger partial charge is 0.164 e. The van der Waals surface area contributed by atoms with Gasteiger partial charge in [-0.05, 0) is 43.7 Å². The largest absolute Gasteiger partial charge is 0.493 e. The summed E-state index contributed by atoms with van der Waals surface area (Å²) in [6.45, 7) is 5.58. The molecular formula is C18H28N2O2. The maximum Gasteiger partial charge on any atom is 0.164 e. The lowest BCUT2D eigenvalue weighted by atomic mass is 10.1. The topological polar surface area (TPSA) is 33.7 Å². The van der Waals surface area contributed by atoms with Crippen molar-refractivity contribution in [2.75, 3.05) is 39.8 Å². The molecule has 0 amide bonds. The minimum Gasteiger partial charge on any atom is -0.493 e. The second-order valence-corrected chi connectivity index (χ2v) is 6.31. The molecule has 4 heteroatoms. The second-order valence-electron chi connectivity index (χ2n) is 6.31. The Balaban J connectivity index is 1.68. The third kappa shape index (κ3) is 3.93. The highest BCUT2D eigenvalue weighted by atomic mass is 16.5. The lowest BCUT2D eigenvalue weighted by Gasteiger charge is -2.27. The molecule has 1 aromatic rings. The summed E-state index contributed by atoms with van der Waals surface area (Å²) >= 11 is 0. The van der Waals surface area contributed by atoms with E-state index in [-0.39, 0.29) is 0 Å². The van der Waals surface area contributed by atoms with Crippen molar-refractivity contribution in [2.45, 2.75) is 38.2 Å². The van der Waals surface area contributed by atoms with Gasteiger partial charge in [0, 0.05) is 32.7 Å². The van der Waals surface area contributed by atoms with E-state index in [0.29, 0.717) is 6.10 Å². The van der Waals surface area contributed by atoms with E-state index < -0.39 is 0 Å². The maximum absolute atomic E-state index is 6.31. The SMILES string of the molecule is COc1cccc(CCN2CCNCC2)c1OC1CCCC1. The number of hydrogen-bond acceptors (Lipinski definition) is 4. The van der Waals surface area contributed by atoms with Crippen LogP contribution < -0.4 is 14.8 Å². The number of rotatable bonds is 6. The number of nitrogens with zero attached hydrogens (tertiary/aromatic N) is 1. The van der Waals surface area contributed by atoms with Crippen LogP contribution in [-0.4, -0.2) is 50.8 Å². The number of benzene rings is 1. The Morgan fingerprint density at radius 1 is 1.18 bits per heavy atom. The highest BCUT2D eigenvalue weighted by Gasteiger charge is 2.21. The molecule has 1 saturated carbocycles. The van der Waals surface area contributed by atoms with E-state index in [9.17, 15) is 0 Å². The van der Waals surface area contributed by atoms with E-state index in [4.69, 9.17) is 9.47 Å². The van der Waals surface area contributed by atoms with Crippen LogP contribution in [0, 0.1) is 0 Å². The van der Waals surface area contributed by atoms with Crippen molar-refractivity contribution in [1.29, 1.82) is 0 Å². The highest BCUT2D eigenvalue weighted by Crippen LogP contribution is 2.35. The Labute approximate surface area is 133 Å². The Kier molecular flexibility index (Phi) is 5.57. The standard InChI is InChI=1S/C18H28N2O2/c1-21-17-8-4-5-15(9-12-20-13-10-19-11-14-20)18(17)22-16-6-2-3-7-16/h4-5,8,16,19H,2-3,6-7,9-14H2,1H3. The Hall–Kier alpha value is -1.26. The van der Waals surface area contributed by atoms with Gasteiger partial charge in [0.15, 0.2) is 11.5 Å². The number of nitrogens with one attached hydrogen (secondary N) is 1. The second kappa shape index (κ2) is 7.84. The van der Waals surface area contributed by atoms with E-state index >= 15 is 0 Å². The number of methoxy groups -OCH3 is 1. The van der Waals surface area contributed by atoms with Gasteiger partial charge in [0.2, 0.25) is 0 Å². The van der Waals surface area contributed by atoms with Crippen LogP contribution in [-0.2, 0) is 6.42 Å². The zero-order valence-electron chi connectivity index (χ0n) is 13.6.